The lowest BCUT2D eigenvalue weighted by atomic mass is 10.1. The molecule has 0 saturated heterocycles. The van der Waals surface area contributed by atoms with Gasteiger partial charge in [0, 0.05) is 22.0 Å². The van der Waals surface area contributed by atoms with Gasteiger partial charge >= 0.3 is 0 Å². The van der Waals surface area contributed by atoms with Crippen molar-refractivity contribution in [3.63, 3.8) is 0 Å². The van der Waals surface area contributed by atoms with E-state index in [1.807, 2.05) is 6.92 Å². The van der Waals surface area contributed by atoms with Crippen LogP contribution in [-0.4, -0.2) is 24.3 Å². The second-order valence-electron chi connectivity index (χ2n) is 7.35. The van der Waals surface area contributed by atoms with E-state index in [9.17, 15) is 14.4 Å². The Kier molecular flexibility index (Phi) is 7.31. The van der Waals surface area contributed by atoms with Crippen molar-refractivity contribution in [1.82, 2.24) is 0 Å². The molecule has 0 fully saturated rings. The molecule has 178 valence electrons. The van der Waals surface area contributed by atoms with E-state index in [0.717, 1.165) is 4.90 Å². The van der Waals surface area contributed by atoms with Gasteiger partial charge in [0.25, 0.3) is 17.7 Å². The van der Waals surface area contributed by atoms with Crippen LogP contribution in [0.5, 0.6) is 5.75 Å². The Morgan fingerprint density at radius 3 is 2.37 bits per heavy atom. The third-order valence-corrected chi connectivity index (χ3v) is 5.90. The first-order valence-corrected chi connectivity index (χ1v) is 11.6. The van der Waals surface area contributed by atoms with Gasteiger partial charge in [-0.3, -0.25) is 14.4 Å². The fraction of sp³-hybridized carbons (Fsp3) is 0.0800. The second kappa shape index (κ2) is 10.4. The van der Waals surface area contributed by atoms with Gasteiger partial charge in [0.05, 0.1) is 17.3 Å². The standard InChI is InChI=1S/C25H18Cl3N3O4/c1-2-35-18-9-7-16(8-10-18)30-23(32)14-4-3-5-17(12-14)29-22-21(28)24(33)31(25(22)34)20-13-15(26)6-11-19(20)27/h3-13,29H,2H2,1H3,(H,30,32). The molecule has 3 amide bonds. The van der Waals surface area contributed by atoms with Gasteiger partial charge < -0.3 is 15.4 Å². The Hall–Kier alpha value is -3.52. The molecule has 0 atom stereocenters. The maximum Gasteiger partial charge on any atom is 0.283 e. The molecule has 2 N–H and O–H groups in total. The number of ether oxygens (including phenoxy) is 1. The van der Waals surface area contributed by atoms with Gasteiger partial charge in [-0.1, -0.05) is 40.9 Å². The molecule has 3 aromatic carbocycles. The molecule has 1 heterocycles. The lowest BCUT2D eigenvalue weighted by Gasteiger charge is -2.17. The summed E-state index contributed by atoms with van der Waals surface area (Å²) in [6.45, 7) is 2.43. The van der Waals surface area contributed by atoms with Gasteiger partial charge in [0.2, 0.25) is 0 Å². The summed E-state index contributed by atoms with van der Waals surface area (Å²) in [5.41, 5.74) is 1.28. The van der Waals surface area contributed by atoms with Crippen LogP contribution in [0.3, 0.4) is 0 Å². The molecule has 1 aliphatic rings. The average molecular weight is 531 g/mol. The maximum atomic E-state index is 13.0. The minimum Gasteiger partial charge on any atom is -0.494 e. The number of imide groups is 1. The first-order valence-electron chi connectivity index (χ1n) is 10.4. The molecule has 0 aliphatic carbocycles. The predicted molar refractivity (Wildman–Crippen MR) is 137 cm³/mol. The minimum absolute atomic E-state index is 0.118. The summed E-state index contributed by atoms with van der Waals surface area (Å²) in [5.74, 6) is -1.11. The summed E-state index contributed by atoms with van der Waals surface area (Å²) in [5, 5.41) is 5.80. The van der Waals surface area contributed by atoms with Gasteiger partial charge in [0.1, 0.15) is 16.5 Å². The van der Waals surface area contributed by atoms with Crippen LogP contribution < -0.4 is 20.3 Å². The van der Waals surface area contributed by atoms with E-state index in [1.165, 1.54) is 24.3 Å². The maximum absolute atomic E-state index is 13.0. The highest BCUT2D eigenvalue weighted by Gasteiger charge is 2.40. The molecule has 1 aliphatic heterocycles. The highest BCUT2D eigenvalue weighted by molar-refractivity contribution is 6.54. The highest BCUT2D eigenvalue weighted by Crippen LogP contribution is 2.36. The molecule has 0 aromatic heterocycles. The molecule has 35 heavy (non-hydrogen) atoms. The smallest absolute Gasteiger partial charge is 0.283 e. The van der Waals surface area contributed by atoms with Crippen molar-refractivity contribution < 1.29 is 19.1 Å². The van der Waals surface area contributed by atoms with Crippen molar-refractivity contribution in [2.45, 2.75) is 6.92 Å². The number of anilines is 3. The van der Waals surface area contributed by atoms with Gasteiger partial charge in [-0.2, -0.15) is 0 Å². The molecule has 0 spiro atoms. The van der Waals surface area contributed by atoms with E-state index in [4.69, 9.17) is 39.5 Å². The number of nitrogens with one attached hydrogen (secondary N) is 2. The lowest BCUT2D eigenvalue weighted by molar-refractivity contribution is -0.120. The molecule has 0 saturated carbocycles. The zero-order valence-corrected chi connectivity index (χ0v) is 20.5. The van der Waals surface area contributed by atoms with Gasteiger partial charge in [0.15, 0.2) is 0 Å². The summed E-state index contributed by atoms with van der Waals surface area (Å²) in [4.78, 5) is 39.3. The number of benzene rings is 3. The van der Waals surface area contributed by atoms with E-state index >= 15 is 0 Å². The topological polar surface area (TPSA) is 87.7 Å². The Labute approximate surface area is 216 Å². The number of nitrogens with zero attached hydrogens (tertiary/aromatic N) is 1. The molecule has 4 rings (SSSR count). The van der Waals surface area contributed by atoms with Crippen LogP contribution in [0.2, 0.25) is 10.0 Å². The van der Waals surface area contributed by atoms with Crippen molar-refractivity contribution in [3.8, 4) is 5.75 Å². The van der Waals surface area contributed by atoms with Crippen LogP contribution >= 0.6 is 34.8 Å². The number of hydrogen-bond donors (Lipinski definition) is 2. The summed E-state index contributed by atoms with van der Waals surface area (Å²) in [6.07, 6.45) is 0. The fourth-order valence-electron chi connectivity index (χ4n) is 3.37. The first kappa shape index (κ1) is 24.6. The van der Waals surface area contributed by atoms with Crippen LogP contribution in [0.1, 0.15) is 17.3 Å². The summed E-state index contributed by atoms with van der Waals surface area (Å²) < 4.78 is 5.40. The second-order valence-corrected chi connectivity index (χ2v) is 8.57. The monoisotopic (exact) mass is 529 g/mol. The Morgan fingerprint density at radius 1 is 0.914 bits per heavy atom. The van der Waals surface area contributed by atoms with Crippen LogP contribution in [0, 0.1) is 0 Å². The molecule has 0 unspecified atom stereocenters. The largest absolute Gasteiger partial charge is 0.494 e. The van der Waals surface area contributed by atoms with E-state index in [0.29, 0.717) is 34.3 Å². The number of halogens is 3. The molecular formula is C25H18Cl3N3O4. The van der Waals surface area contributed by atoms with Crippen molar-refractivity contribution >= 4 is 69.6 Å². The molecule has 10 heteroatoms. The quantitative estimate of drug-likeness (QED) is 0.362. The normalized spacial score (nSPS) is 13.3. The number of amides is 3. The SMILES string of the molecule is CCOc1ccc(NC(=O)c2cccc(NC3=C(Cl)C(=O)N(c4cc(Cl)ccc4Cl)C3=O)c2)cc1. The number of rotatable bonds is 7. The first-order chi connectivity index (χ1) is 16.8. The molecule has 0 radical (unpaired) electrons. The van der Waals surface area contributed by atoms with Crippen LogP contribution in [0.25, 0.3) is 0 Å². The third kappa shape index (κ3) is 5.27. The average Bonchev–Trinajstić information content (AvgIpc) is 3.05. The van der Waals surface area contributed by atoms with Crippen molar-refractivity contribution in [2.24, 2.45) is 0 Å². The van der Waals surface area contributed by atoms with Crippen molar-refractivity contribution in [2.75, 3.05) is 22.1 Å². The molecule has 3 aromatic rings. The van der Waals surface area contributed by atoms with Crippen molar-refractivity contribution in [3.05, 3.63) is 93.1 Å². The number of carbonyl (C=O) groups is 3. The summed E-state index contributed by atoms with van der Waals surface area (Å²) in [7, 11) is 0. The Morgan fingerprint density at radius 2 is 1.66 bits per heavy atom. The van der Waals surface area contributed by atoms with E-state index in [-0.39, 0.29) is 27.3 Å². The van der Waals surface area contributed by atoms with Gasteiger partial charge in [-0.15, -0.1) is 0 Å². The number of hydrogen-bond acceptors (Lipinski definition) is 5. The predicted octanol–water partition coefficient (Wildman–Crippen LogP) is 6.08. The van der Waals surface area contributed by atoms with Gasteiger partial charge in [-0.05, 0) is 67.6 Å². The zero-order chi connectivity index (χ0) is 25.1. The van der Waals surface area contributed by atoms with Crippen LogP contribution in [0.4, 0.5) is 17.1 Å². The molecular weight excluding hydrogens is 513 g/mol. The lowest BCUT2D eigenvalue weighted by Crippen LogP contribution is -2.32. The summed E-state index contributed by atoms with van der Waals surface area (Å²) >= 11 is 18.4. The minimum atomic E-state index is -0.743. The van der Waals surface area contributed by atoms with E-state index < -0.39 is 11.8 Å². The van der Waals surface area contributed by atoms with Crippen LogP contribution in [0.15, 0.2) is 77.5 Å². The zero-order valence-electron chi connectivity index (χ0n) is 18.3. The summed E-state index contributed by atoms with van der Waals surface area (Å²) in [6, 6.07) is 17.8. The highest BCUT2D eigenvalue weighted by atomic mass is 35.5. The third-order valence-electron chi connectivity index (χ3n) is 4.99. The van der Waals surface area contributed by atoms with E-state index in [2.05, 4.69) is 10.6 Å². The Bertz CT molecular complexity index is 1360. The van der Waals surface area contributed by atoms with Crippen LogP contribution in [-0.2, 0) is 9.59 Å². The van der Waals surface area contributed by atoms with Crippen molar-refractivity contribution in [1.29, 1.82) is 0 Å². The van der Waals surface area contributed by atoms with Gasteiger partial charge in [-0.25, -0.2) is 4.90 Å². The Balaban J connectivity index is 1.52. The fourth-order valence-corrected chi connectivity index (χ4v) is 3.96. The molecule has 0 bridgehead atoms. The van der Waals surface area contributed by atoms with E-state index in [1.54, 1.807) is 42.5 Å². The number of carbonyl (C=O) groups excluding carboxylic acids is 3. The molecule has 7 nitrogen and oxygen atoms in total.